The maximum absolute atomic E-state index is 11.9. The minimum atomic E-state index is -0.0546. The fourth-order valence-electron chi connectivity index (χ4n) is 2.86. The van der Waals surface area contributed by atoms with Gasteiger partial charge in [0.15, 0.2) is 0 Å². The smallest absolute Gasteiger partial charge is 0.252 e. The van der Waals surface area contributed by atoms with Gasteiger partial charge >= 0.3 is 0 Å². The van der Waals surface area contributed by atoms with E-state index < -0.39 is 0 Å². The van der Waals surface area contributed by atoms with E-state index in [2.05, 4.69) is 28.5 Å². The molecule has 0 atom stereocenters. The number of rotatable bonds is 4. The predicted octanol–water partition coefficient (Wildman–Crippen LogP) is 2.93. The van der Waals surface area contributed by atoms with Crippen LogP contribution in [0.1, 0.15) is 39.9 Å². The number of aromatic nitrogens is 1. The number of pyridine rings is 1. The van der Waals surface area contributed by atoms with Gasteiger partial charge in [0.25, 0.3) is 5.91 Å². The number of carbonyl (C=O) groups excluding carboxylic acids is 1. The molecule has 0 saturated heterocycles. The SMILES string of the molecule is O=C(NCCc1ccc2c(c1)CCCC2)c1cccnc1. The van der Waals surface area contributed by atoms with E-state index in [1.165, 1.54) is 42.4 Å². The molecule has 3 heteroatoms. The topological polar surface area (TPSA) is 42.0 Å². The lowest BCUT2D eigenvalue weighted by molar-refractivity contribution is 0.0954. The van der Waals surface area contributed by atoms with Crippen LogP contribution >= 0.6 is 0 Å². The molecule has 1 aromatic heterocycles. The van der Waals surface area contributed by atoms with Crippen molar-refractivity contribution in [3.63, 3.8) is 0 Å². The van der Waals surface area contributed by atoms with Gasteiger partial charge in [-0.3, -0.25) is 9.78 Å². The number of hydrogen-bond donors (Lipinski definition) is 1. The summed E-state index contributed by atoms with van der Waals surface area (Å²) >= 11 is 0. The highest BCUT2D eigenvalue weighted by Crippen LogP contribution is 2.22. The van der Waals surface area contributed by atoms with Crippen molar-refractivity contribution >= 4 is 5.91 Å². The van der Waals surface area contributed by atoms with Crippen LogP contribution in [0.15, 0.2) is 42.7 Å². The van der Waals surface area contributed by atoms with Gasteiger partial charge in [-0.05, 0) is 60.9 Å². The first-order valence-electron chi connectivity index (χ1n) is 7.62. The number of aryl methyl sites for hydroxylation is 2. The van der Waals surface area contributed by atoms with Crippen molar-refractivity contribution in [2.45, 2.75) is 32.1 Å². The Morgan fingerprint density at radius 2 is 2.00 bits per heavy atom. The van der Waals surface area contributed by atoms with E-state index in [-0.39, 0.29) is 5.91 Å². The summed E-state index contributed by atoms with van der Waals surface area (Å²) in [4.78, 5) is 15.9. The van der Waals surface area contributed by atoms with Crippen molar-refractivity contribution in [1.82, 2.24) is 10.3 Å². The Morgan fingerprint density at radius 1 is 1.14 bits per heavy atom. The summed E-state index contributed by atoms with van der Waals surface area (Å²) < 4.78 is 0. The third kappa shape index (κ3) is 3.48. The van der Waals surface area contributed by atoms with E-state index in [0.717, 1.165) is 6.42 Å². The van der Waals surface area contributed by atoms with E-state index in [0.29, 0.717) is 12.1 Å². The van der Waals surface area contributed by atoms with Crippen molar-refractivity contribution < 1.29 is 4.79 Å². The summed E-state index contributed by atoms with van der Waals surface area (Å²) in [5.41, 5.74) is 4.92. The van der Waals surface area contributed by atoms with Crippen LogP contribution in [-0.4, -0.2) is 17.4 Å². The van der Waals surface area contributed by atoms with Crippen molar-refractivity contribution in [2.24, 2.45) is 0 Å². The lowest BCUT2D eigenvalue weighted by atomic mass is 9.90. The number of benzene rings is 1. The van der Waals surface area contributed by atoms with Gasteiger partial charge in [0, 0.05) is 18.9 Å². The lowest BCUT2D eigenvalue weighted by Crippen LogP contribution is -2.25. The zero-order valence-corrected chi connectivity index (χ0v) is 12.1. The molecule has 0 aliphatic heterocycles. The molecule has 1 aliphatic rings. The second-order valence-corrected chi connectivity index (χ2v) is 5.56. The second-order valence-electron chi connectivity index (χ2n) is 5.56. The zero-order chi connectivity index (χ0) is 14.5. The van der Waals surface area contributed by atoms with Gasteiger partial charge in [-0.15, -0.1) is 0 Å². The van der Waals surface area contributed by atoms with Gasteiger partial charge < -0.3 is 5.32 Å². The van der Waals surface area contributed by atoms with E-state index in [9.17, 15) is 4.79 Å². The largest absolute Gasteiger partial charge is 0.352 e. The maximum atomic E-state index is 11.9. The average molecular weight is 280 g/mol. The highest BCUT2D eigenvalue weighted by Gasteiger charge is 2.09. The second kappa shape index (κ2) is 6.53. The molecule has 2 aromatic rings. The summed E-state index contributed by atoms with van der Waals surface area (Å²) in [7, 11) is 0. The Morgan fingerprint density at radius 3 is 2.81 bits per heavy atom. The van der Waals surface area contributed by atoms with Crippen molar-refractivity contribution in [3.05, 3.63) is 65.0 Å². The Bertz CT molecular complexity index is 622. The van der Waals surface area contributed by atoms with Crippen LogP contribution < -0.4 is 5.32 Å². The molecule has 0 bridgehead atoms. The monoisotopic (exact) mass is 280 g/mol. The molecule has 1 heterocycles. The molecule has 0 radical (unpaired) electrons. The van der Waals surface area contributed by atoms with E-state index in [4.69, 9.17) is 0 Å². The normalized spacial score (nSPS) is 13.5. The summed E-state index contributed by atoms with van der Waals surface area (Å²) in [5, 5.41) is 2.95. The van der Waals surface area contributed by atoms with E-state index in [1.807, 2.05) is 0 Å². The number of hydrogen-bond acceptors (Lipinski definition) is 2. The molecule has 3 rings (SSSR count). The number of nitrogens with one attached hydrogen (secondary N) is 1. The quantitative estimate of drug-likeness (QED) is 0.935. The molecule has 0 saturated carbocycles. The minimum absolute atomic E-state index is 0.0546. The molecule has 108 valence electrons. The average Bonchev–Trinajstić information content (AvgIpc) is 2.55. The predicted molar refractivity (Wildman–Crippen MR) is 83.4 cm³/mol. The molecule has 3 nitrogen and oxygen atoms in total. The van der Waals surface area contributed by atoms with Crippen molar-refractivity contribution in [2.75, 3.05) is 6.54 Å². The summed E-state index contributed by atoms with van der Waals surface area (Å²) in [6, 6.07) is 10.3. The van der Waals surface area contributed by atoms with Crippen LogP contribution in [0.2, 0.25) is 0 Å². The van der Waals surface area contributed by atoms with Gasteiger partial charge in [0.1, 0.15) is 0 Å². The Kier molecular flexibility index (Phi) is 4.29. The number of nitrogens with zero attached hydrogens (tertiary/aromatic N) is 1. The fraction of sp³-hybridized carbons (Fsp3) is 0.333. The number of fused-ring (bicyclic) bond motifs is 1. The van der Waals surface area contributed by atoms with Crippen LogP contribution in [0.5, 0.6) is 0 Å². The third-order valence-electron chi connectivity index (χ3n) is 4.04. The molecule has 1 N–H and O–H groups in total. The van der Waals surface area contributed by atoms with Crippen LogP contribution in [0, 0.1) is 0 Å². The van der Waals surface area contributed by atoms with Gasteiger partial charge in [0.05, 0.1) is 5.56 Å². The number of amides is 1. The van der Waals surface area contributed by atoms with Crippen LogP contribution in [0.3, 0.4) is 0 Å². The molecule has 0 unspecified atom stereocenters. The van der Waals surface area contributed by atoms with E-state index in [1.54, 1.807) is 24.5 Å². The van der Waals surface area contributed by atoms with Gasteiger partial charge in [-0.1, -0.05) is 18.2 Å². The summed E-state index contributed by atoms with van der Waals surface area (Å²) in [5.74, 6) is -0.0546. The van der Waals surface area contributed by atoms with Crippen molar-refractivity contribution in [1.29, 1.82) is 0 Å². The van der Waals surface area contributed by atoms with E-state index >= 15 is 0 Å². The van der Waals surface area contributed by atoms with Gasteiger partial charge in [0.2, 0.25) is 0 Å². The molecular weight excluding hydrogens is 260 g/mol. The first-order valence-corrected chi connectivity index (χ1v) is 7.62. The summed E-state index contributed by atoms with van der Waals surface area (Å²) in [6.07, 6.45) is 9.16. The fourth-order valence-corrected chi connectivity index (χ4v) is 2.86. The first-order chi connectivity index (χ1) is 10.3. The molecule has 1 aliphatic carbocycles. The standard InChI is InChI=1S/C18H20N2O/c21-18(17-6-3-10-19-13-17)20-11-9-14-7-8-15-4-1-2-5-16(15)12-14/h3,6-8,10,12-13H,1-2,4-5,9,11H2,(H,20,21). The lowest BCUT2D eigenvalue weighted by Gasteiger charge is -2.16. The van der Waals surface area contributed by atoms with Crippen LogP contribution in [-0.2, 0) is 19.3 Å². The Balaban J connectivity index is 1.55. The zero-order valence-electron chi connectivity index (χ0n) is 12.1. The van der Waals surface area contributed by atoms with Gasteiger partial charge in [-0.25, -0.2) is 0 Å². The Hall–Kier alpha value is -2.16. The molecule has 0 fully saturated rings. The maximum Gasteiger partial charge on any atom is 0.252 e. The summed E-state index contributed by atoms with van der Waals surface area (Å²) in [6.45, 7) is 0.659. The first kappa shape index (κ1) is 13.8. The highest BCUT2D eigenvalue weighted by molar-refractivity contribution is 5.93. The number of carbonyl (C=O) groups is 1. The van der Waals surface area contributed by atoms with Gasteiger partial charge in [-0.2, -0.15) is 0 Å². The molecule has 21 heavy (non-hydrogen) atoms. The third-order valence-corrected chi connectivity index (χ3v) is 4.04. The van der Waals surface area contributed by atoms with Crippen LogP contribution in [0.4, 0.5) is 0 Å². The minimum Gasteiger partial charge on any atom is -0.352 e. The molecule has 1 aromatic carbocycles. The Labute approximate surface area is 125 Å². The van der Waals surface area contributed by atoms with Crippen molar-refractivity contribution in [3.8, 4) is 0 Å². The van der Waals surface area contributed by atoms with Crippen LogP contribution in [0.25, 0.3) is 0 Å². The molecule has 1 amide bonds. The highest BCUT2D eigenvalue weighted by atomic mass is 16.1. The molecule has 0 spiro atoms. The molecular formula is C18H20N2O.